The highest BCUT2D eigenvalue weighted by Gasteiger charge is 2.27. The summed E-state index contributed by atoms with van der Waals surface area (Å²) >= 11 is 0. The third kappa shape index (κ3) is 4.08. The van der Waals surface area contributed by atoms with E-state index in [0.29, 0.717) is 34.1 Å². The number of aliphatic hydroxyl groups is 1. The van der Waals surface area contributed by atoms with Crippen LogP contribution in [0.1, 0.15) is 65.8 Å². The molecule has 4 aromatic rings. The summed E-state index contributed by atoms with van der Waals surface area (Å²) in [5.74, 6) is 1.44. The quantitative estimate of drug-likeness (QED) is 0.233. The van der Waals surface area contributed by atoms with Gasteiger partial charge in [0.2, 0.25) is 6.35 Å². The first kappa shape index (κ1) is 21.9. The fraction of sp³-hybridized carbons (Fsp3) is 0.333. The van der Waals surface area contributed by atoms with Gasteiger partial charge >= 0.3 is 0 Å². The maximum atomic E-state index is 13.5. The number of nitrogens with one attached hydrogen (secondary N) is 2. The molecule has 0 amide bonds. The average Bonchev–Trinajstić information content (AvgIpc) is 3.48. The van der Waals surface area contributed by atoms with Crippen molar-refractivity contribution in [2.75, 3.05) is 16.4 Å². The molecule has 1 atom stereocenters. The number of nitrogens with two attached hydrogens (primary N) is 1. The monoisotopic (exact) mass is 460 g/mol. The van der Waals surface area contributed by atoms with Crippen molar-refractivity contribution in [1.82, 2.24) is 24.4 Å². The molecule has 10 heteroatoms. The number of benzene rings is 1. The van der Waals surface area contributed by atoms with Crippen LogP contribution in [-0.4, -0.2) is 41.6 Å². The van der Waals surface area contributed by atoms with Crippen LogP contribution < -0.4 is 16.4 Å². The number of anilines is 3. The average molecular weight is 461 g/mol. The third-order valence-electron chi connectivity index (χ3n) is 6.05. The SMILES string of the molecule is CC(C)c1cc(C(=O)c2cccc(NC(O)Nc3cc(C4CC4)nn3C)c2)c2c(N)ncnn12. The summed E-state index contributed by atoms with van der Waals surface area (Å²) in [5.41, 5.74) is 10.0. The van der Waals surface area contributed by atoms with Crippen molar-refractivity contribution in [2.24, 2.45) is 7.05 Å². The van der Waals surface area contributed by atoms with E-state index in [1.165, 1.54) is 6.33 Å². The van der Waals surface area contributed by atoms with Crippen molar-refractivity contribution in [3.8, 4) is 0 Å². The molecule has 0 radical (unpaired) electrons. The van der Waals surface area contributed by atoms with Gasteiger partial charge in [0, 0.05) is 36.0 Å². The number of rotatable bonds is 8. The van der Waals surface area contributed by atoms with Crippen LogP contribution in [0.4, 0.5) is 17.3 Å². The molecule has 0 aliphatic heterocycles. The first-order valence-corrected chi connectivity index (χ1v) is 11.3. The van der Waals surface area contributed by atoms with Gasteiger partial charge in [0.1, 0.15) is 17.7 Å². The highest BCUT2D eigenvalue weighted by atomic mass is 16.3. The number of carbonyl (C=O) groups is 1. The summed E-state index contributed by atoms with van der Waals surface area (Å²) in [7, 11) is 1.84. The van der Waals surface area contributed by atoms with Crippen molar-refractivity contribution in [3.63, 3.8) is 0 Å². The van der Waals surface area contributed by atoms with E-state index in [4.69, 9.17) is 5.73 Å². The summed E-state index contributed by atoms with van der Waals surface area (Å²) in [6, 6.07) is 10.8. The molecule has 3 aromatic heterocycles. The van der Waals surface area contributed by atoms with E-state index in [1.54, 1.807) is 33.5 Å². The Hall–Kier alpha value is -3.92. The Balaban J connectivity index is 1.37. The molecule has 34 heavy (non-hydrogen) atoms. The Labute approximate surface area is 196 Å². The second-order valence-corrected chi connectivity index (χ2v) is 9.00. The number of nitrogen functional groups attached to an aromatic ring is 1. The van der Waals surface area contributed by atoms with E-state index in [0.717, 1.165) is 24.2 Å². The van der Waals surface area contributed by atoms with Crippen LogP contribution in [0.3, 0.4) is 0 Å². The number of hydrogen-bond acceptors (Lipinski definition) is 8. The lowest BCUT2D eigenvalue weighted by atomic mass is 10.0. The largest absolute Gasteiger partial charge is 0.382 e. The molecule has 1 unspecified atom stereocenters. The van der Waals surface area contributed by atoms with Crippen molar-refractivity contribution in [1.29, 1.82) is 0 Å². The van der Waals surface area contributed by atoms with Gasteiger partial charge in [0.15, 0.2) is 11.6 Å². The normalized spacial score (nSPS) is 14.5. The topological polar surface area (TPSA) is 135 Å². The molecule has 5 rings (SSSR count). The van der Waals surface area contributed by atoms with Crippen LogP contribution in [0.5, 0.6) is 0 Å². The second-order valence-electron chi connectivity index (χ2n) is 9.00. The number of hydrogen-bond donors (Lipinski definition) is 4. The van der Waals surface area contributed by atoms with Gasteiger partial charge in [-0.3, -0.25) is 9.48 Å². The second kappa shape index (κ2) is 8.45. The number of carbonyl (C=O) groups excluding carboxylic acids is 1. The lowest BCUT2D eigenvalue weighted by molar-refractivity contribution is 0.104. The highest BCUT2D eigenvalue weighted by molar-refractivity contribution is 6.15. The van der Waals surface area contributed by atoms with Crippen LogP contribution in [-0.2, 0) is 7.05 Å². The molecule has 1 aliphatic rings. The van der Waals surface area contributed by atoms with Crippen LogP contribution in [0, 0.1) is 0 Å². The summed E-state index contributed by atoms with van der Waals surface area (Å²) < 4.78 is 3.40. The van der Waals surface area contributed by atoms with Gasteiger partial charge in [-0.15, -0.1) is 0 Å². The van der Waals surface area contributed by atoms with Crippen LogP contribution in [0.15, 0.2) is 42.7 Å². The smallest absolute Gasteiger partial charge is 0.203 e. The Morgan fingerprint density at radius 1 is 1.21 bits per heavy atom. The molecule has 5 N–H and O–H groups in total. The molecule has 0 bridgehead atoms. The van der Waals surface area contributed by atoms with Crippen LogP contribution in [0.2, 0.25) is 0 Å². The minimum Gasteiger partial charge on any atom is -0.382 e. The Kier molecular flexibility index (Phi) is 5.45. The molecule has 176 valence electrons. The van der Waals surface area contributed by atoms with Gasteiger partial charge in [0.05, 0.1) is 11.3 Å². The fourth-order valence-corrected chi connectivity index (χ4v) is 4.12. The summed E-state index contributed by atoms with van der Waals surface area (Å²) in [4.78, 5) is 17.5. The molecule has 0 spiro atoms. The van der Waals surface area contributed by atoms with Crippen molar-refractivity contribution >= 4 is 28.6 Å². The molecule has 10 nitrogen and oxygen atoms in total. The number of nitrogens with zero attached hydrogens (tertiary/aromatic N) is 5. The first-order chi connectivity index (χ1) is 16.3. The zero-order valence-corrected chi connectivity index (χ0v) is 19.4. The van der Waals surface area contributed by atoms with Crippen molar-refractivity contribution in [3.05, 3.63) is 65.2 Å². The zero-order valence-electron chi connectivity index (χ0n) is 19.4. The Morgan fingerprint density at radius 3 is 2.74 bits per heavy atom. The number of ketones is 1. The van der Waals surface area contributed by atoms with E-state index >= 15 is 0 Å². The summed E-state index contributed by atoms with van der Waals surface area (Å²) in [5, 5.41) is 25.3. The van der Waals surface area contributed by atoms with Crippen molar-refractivity contribution in [2.45, 2.75) is 44.9 Å². The minimum atomic E-state index is -1.07. The molecule has 1 aliphatic carbocycles. The highest BCUT2D eigenvalue weighted by Crippen LogP contribution is 2.40. The Morgan fingerprint density at radius 2 is 2.00 bits per heavy atom. The van der Waals surface area contributed by atoms with Gasteiger partial charge in [-0.2, -0.15) is 10.2 Å². The zero-order chi connectivity index (χ0) is 24.0. The minimum absolute atomic E-state index is 0.144. The first-order valence-electron chi connectivity index (χ1n) is 11.3. The van der Waals surface area contributed by atoms with Gasteiger partial charge < -0.3 is 21.5 Å². The predicted octanol–water partition coefficient (Wildman–Crippen LogP) is 3.08. The molecule has 1 aromatic carbocycles. The van der Waals surface area contributed by atoms with Crippen molar-refractivity contribution < 1.29 is 9.90 Å². The van der Waals surface area contributed by atoms with Gasteiger partial charge in [0.25, 0.3) is 0 Å². The van der Waals surface area contributed by atoms with E-state index < -0.39 is 6.35 Å². The predicted molar refractivity (Wildman–Crippen MR) is 130 cm³/mol. The number of aliphatic hydroxyl groups excluding tert-OH is 1. The molecule has 0 saturated heterocycles. The lowest BCUT2D eigenvalue weighted by Gasteiger charge is -2.17. The number of fused-ring (bicyclic) bond motifs is 1. The molecular weight excluding hydrogens is 432 g/mol. The fourth-order valence-electron chi connectivity index (χ4n) is 4.12. The number of aryl methyl sites for hydroxylation is 1. The molecule has 3 heterocycles. The molecule has 1 fully saturated rings. The summed E-state index contributed by atoms with van der Waals surface area (Å²) in [6.45, 7) is 4.06. The number of aromatic nitrogens is 5. The Bertz CT molecular complexity index is 1370. The maximum Gasteiger partial charge on any atom is 0.203 e. The van der Waals surface area contributed by atoms with E-state index in [1.807, 2.05) is 33.0 Å². The van der Waals surface area contributed by atoms with E-state index in [2.05, 4.69) is 25.8 Å². The third-order valence-corrected chi connectivity index (χ3v) is 6.05. The summed E-state index contributed by atoms with van der Waals surface area (Å²) in [6.07, 6.45) is 2.63. The van der Waals surface area contributed by atoms with Gasteiger partial charge in [-0.05, 0) is 37.0 Å². The van der Waals surface area contributed by atoms with E-state index in [9.17, 15) is 9.90 Å². The standard InChI is InChI=1S/C24H28N8O2/c1-13(2)19-10-17(21-23(25)26-12-27-32(19)21)22(33)15-5-4-6-16(9-15)28-24(34)29-20-11-18(14-7-8-14)30-31(20)3/h4-6,9-14,24,28-29,34H,7-8H2,1-3H3,(H2,25,26,27). The lowest BCUT2D eigenvalue weighted by Crippen LogP contribution is -2.29. The molecule has 1 saturated carbocycles. The molecular formula is C24H28N8O2. The maximum absolute atomic E-state index is 13.5. The van der Waals surface area contributed by atoms with E-state index in [-0.39, 0.29) is 17.5 Å². The van der Waals surface area contributed by atoms with Gasteiger partial charge in [-0.1, -0.05) is 26.0 Å². The van der Waals surface area contributed by atoms with Gasteiger partial charge in [-0.25, -0.2) is 9.50 Å². The van der Waals surface area contributed by atoms with Crippen LogP contribution >= 0.6 is 0 Å². The van der Waals surface area contributed by atoms with Crippen LogP contribution in [0.25, 0.3) is 5.52 Å².